The van der Waals surface area contributed by atoms with E-state index in [0.717, 1.165) is 11.3 Å². The molecule has 1 N–H and O–H groups in total. The van der Waals surface area contributed by atoms with Crippen LogP contribution in [0.5, 0.6) is 11.5 Å². The van der Waals surface area contributed by atoms with Crippen LogP contribution in [0.3, 0.4) is 0 Å². The first-order valence-corrected chi connectivity index (χ1v) is 3.08. The van der Waals surface area contributed by atoms with Gasteiger partial charge >= 0.3 is 23.1 Å². The zero-order valence-corrected chi connectivity index (χ0v) is 8.21. The van der Waals surface area contributed by atoms with Crippen molar-refractivity contribution in [1.29, 1.82) is 0 Å². The van der Waals surface area contributed by atoms with Crippen molar-refractivity contribution < 1.29 is 12.7 Å². The molecule has 11 heavy (non-hydrogen) atoms. The van der Waals surface area contributed by atoms with E-state index >= 15 is 0 Å². The fourth-order valence-corrected chi connectivity index (χ4v) is 0.824. The molecule has 0 fully saturated rings. The topological polar surface area (TPSA) is 29.5 Å². The van der Waals surface area contributed by atoms with E-state index < -0.39 is 0 Å². The molecule has 0 heterocycles. The van der Waals surface area contributed by atoms with Gasteiger partial charge in [-0.2, -0.15) is 0 Å². The molecule has 1 aromatic carbocycles. The van der Waals surface area contributed by atoms with Crippen LogP contribution in [0.4, 0.5) is 0 Å². The normalized spacial score (nSPS) is 8.55. The second-order valence-corrected chi connectivity index (χ2v) is 2.10. The molecule has 1 aromatic rings. The molecule has 0 unspecified atom stereocenters. The van der Waals surface area contributed by atoms with Gasteiger partial charge in [-0.05, 0) is 19.1 Å². The van der Waals surface area contributed by atoms with E-state index in [2.05, 4.69) is 0 Å². The summed E-state index contributed by atoms with van der Waals surface area (Å²) in [5.41, 5.74) is 0.782. The first kappa shape index (κ1) is 10.6. The summed E-state index contributed by atoms with van der Waals surface area (Å²) in [6.45, 7) is 1.81. The summed E-state index contributed by atoms with van der Waals surface area (Å²) in [4.78, 5) is 0. The van der Waals surface area contributed by atoms with Crippen LogP contribution >= 0.6 is 0 Å². The van der Waals surface area contributed by atoms with Gasteiger partial charge in [-0.3, -0.25) is 0 Å². The molecule has 0 saturated heterocycles. The first-order chi connectivity index (χ1) is 4.75. The molecule has 0 aliphatic carbocycles. The van der Waals surface area contributed by atoms with E-state index in [0.29, 0.717) is 0 Å². The van der Waals surface area contributed by atoms with Gasteiger partial charge in [-0.15, -0.1) is 0 Å². The van der Waals surface area contributed by atoms with Crippen LogP contribution in [0.1, 0.15) is 8.42 Å². The number of hydrogen-bond acceptors (Lipinski definition) is 2. The van der Waals surface area contributed by atoms with E-state index in [1.807, 2.05) is 13.0 Å². The Bertz CT molecular complexity index is 244. The average Bonchev–Trinajstić information content (AvgIpc) is 1.95. The van der Waals surface area contributed by atoms with Gasteiger partial charge < -0.3 is 12.7 Å². The van der Waals surface area contributed by atoms with Crippen LogP contribution in [0.15, 0.2) is 18.2 Å². The SMILES string of the molecule is COc1cccc(O)c1C.[H-].[H-].[Mg+2]. The predicted molar refractivity (Wildman–Crippen MR) is 47.4 cm³/mol. The molecule has 0 saturated carbocycles. The molecule has 0 atom stereocenters. The molecule has 0 radical (unpaired) electrons. The Kier molecular flexibility index (Phi) is 4.29. The van der Waals surface area contributed by atoms with Crippen LogP contribution in [0.2, 0.25) is 0 Å². The van der Waals surface area contributed by atoms with Gasteiger partial charge in [0.25, 0.3) is 0 Å². The third kappa shape index (κ3) is 2.27. The second-order valence-electron chi connectivity index (χ2n) is 2.10. The molecule has 0 aliphatic rings. The molecule has 0 aliphatic heterocycles. The fourth-order valence-electron chi connectivity index (χ4n) is 0.824. The number of phenolic OH excluding ortho intramolecular Hbond substituents is 1. The molecule has 0 aromatic heterocycles. The summed E-state index contributed by atoms with van der Waals surface area (Å²) in [5, 5.41) is 9.15. The van der Waals surface area contributed by atoms with E-state index in [-0.39, 0.29) is 31.7 Å². The van der Waals surface area contributed by atoms with Gasteiger partial charge in [0.1, 0.15) is 11.5 Å². The summed E-state index contributed by atoms with van der Waals surface area (Å²) < 4.78 is 4.97. The maximum absolute atomic E-state index is 9.15. The van der Waals surface area contributed by atoms with Crippen molar-refractivity contribution >= 4 is 23.1 Å². The minimum absolute atomic E-state index is 0. The molecule has 1 rings (SSSR count). The number of phenols is 1. The largest absolute Gasteiger partial charge is 2.00 e. The quantitative estimate of drug-likeness (QED) is 0.638. The summed E-state index contributed by atoms with van der Waals surface area (Å²) >= 11 is 0. The fraction of sp³-hybridized carbons (Fsp3) is 0.250. The van der Waals surface area contributed by atoms with Crippen molar-refractivity contribution in [2.45, 2.75) is 6.92 Å². The number of aromatic hydroxyl groups is 1. The van der Waals surface area contributed by atoms with Crippen LogP contribution < -0.4 is 4.74 Å². The van der Waals surface area contributed by atoms with Crippen molar-refractivity contribution in [3.05, 3.63) is 23.8 Å². The smallest absolute Gasteiger partial charge is 1.00 e. The molecule has 3 heteroatoms. The molecular weight excluding hydrogens is 152 g/mol. The van der Waals surface area contributed by atoms with Crippen molar-refractivity contribution in [2.24, 2.45) is 0 Å². The molecule has 58 valence electrons. The Hall–Kier alpha value is -0.414. The van der Waals surface area contributed by atoms with E-state index in [1.165, 1.54) is 0 Å². The second kappa shape index (κ2) is 4.46. The number of benzene rings is 1. The predicted octanol–water partition coefficient (Wildman–Crippen LogP) is 1.55. The van der Waals surface area contributed by atoms with E-state index in [4.69, 9.17) is 9.84 Å². The van der Waals surface area contributed by atoms with Gasteiger partial charge in [0.2, 0.25) is 0 Å². The molecule has 0 amide bonds. The first-order valence-electron chi connectivity index (χ1n) is 3.08. The van der Waals surface area contributed by atoms with Crippen molar-refractivity contribution in [1.82, 2.24) is 0 Å². The Balaban J connectivity index is -0.000000333. The minimum atomic E-state index is 0. The summed E-state index contributed by atoms with van der Waals surface area (Å²) in [6.07, 6.45) is 0. The number of rotatable bonds is 1. The third-order valence-electron chi connectivity index (χ3n) is 1.48. The van der Waals surface area contributed by atoms with Crippen molar-refractivity contribution in [2.75, 3.05) is 7.11 Å². The van der Waals surface area contributed by atoms with Gasteiger partial charge in [0.15, 0.2) is 0 Å². The van der Waals surface area contributed by atoms with E-state index in [9.17, 15) is 0 Å². The van der Waals surface area contributed by atoms with Crippen molar-refractivity contribution in [3.63, 3.8) is 0 Å². The Morgan fingerprint density at radius 3 is 2.55 bits per heavy atom. The Labute approximate surface area is 85.3 Å². The molecule has 2 nitrogen and oxygen atoms in total. The summed E-state index contributed by atoms with van der Waals surface area (Å²) in [6, 6.07) is 5.20. The summed E-state index contributed by atoms with van der Waals surface area (Å²) in [7, 11) is 1.59. The molecular formula is C8H12MgO2. The van der Waals surface area contributed by atoms with E-state index in [1.54, 1.807) is 19.2 Å². The zero-order chi connectivity index (χ0) is 7.56. The zero-order valence-electron chi connectivity index (χ0n) is 8.79. The van der Waals surface area contributed by atoms with Gasteiger partial charge in [0.05, 0.1) is 7.11 Å². The maximum Gasteiger partial charge on any atom is 2.00 e. The number of hydrogen-bond donors (Lipinski definition) is 1. The van der Waals surface area contributed by atoms with Crippen LogP contribution in [0, 0.1) is 6.92 Å². The summed E-state index contributed by atoms with van der Waals surface area (Å²) in [5.74, 6) is 0.999. The van der Waals surface area contributed by atoms with Crippen LogP contribution in [0.25, 0.3) is 0 Å². The van der Waals surface area contributed by atoms with Crippen LogP contribution in [-0.4, -0.2) is 35.3 Å². The Morgan fingerprint density at radius 1 is 1.45 bits per heavy atom. The van der Waals surface area contributed by atoms with Gasteiger partial charge in [-0.1, -0.05) is 6.07 Å². The standard InChI is InChI=1S/C8H10O2.Mg.2H/c1-6-7(9)4-3-5-8(6)10-2;;;/h3-5,9H,1-2H3;;;/q;+2;2*-1. The maximum atomic E-state index is 9.15. The molecule has 0 spiro atoms. The minimum Gasteiger partial charge on any atom is -1.00 e. The number of ether oxygens (including phenoxy) is 1. The average molecular weight is 164 g/mol. The number of methoxy groups -OCH3 is 1. The van der Waals surface area contributed by atoms with Crippen LogP contribution in [-0.2, 0) is 0 Å². The van der Waals surface area contributed by atoms with Gasteiger partial charge in [-0.25, -0.2) is 0 Å². The molecule has 0 bridgehead atoms. The monoisotopic (exact) mass is 164 g/mol. The third-order valence-corrected chi connectivity index (χ3v) is 1.48. The Morgan fingerprint density at radius 2 is 2.09 bits per heavy atom. The van der Waals surface area contributed by atoms with Gasteiger partial charge in [0, 0.05) is 5.56 Å². The van der Waals surface area contributed by atoms with Crippen molar-refractivity contribution in [3.8, 4) is 11.5 Å².